The minimum absolute atomic E-state index is 0.0215. The molecule has 1 aliphatic rings. The zero-order chi connectivity index (χ0) is 18.3. The monoisotopic (exact) mass is 344 g/mol. The summed E-state index contributed by atoms with van der Waals surface area (Å²) in [6.07, 6.45) is 6.95. The lowest BCUT2D eigenvalue weighted by atomic mass is 9.64. The second-order valence-corrected chi connectivity index (χ2v) is 7.72. The number of hydrogen-bond donors (Lipinski definition) is 0. The lowest BCUT2D eigenvalue weighted by Crippen LogP contribution is -2.43. The summed E-state index contributed by atoms with van der Waals surface area (Å²) in [5.74, 6) is 0.660. The van der Waals surface area contributed by atoms with E-state index in [-0.39, 0.29) is 24.1 Å². The zero-order valence-electron chi connectivity index (χ0n) is 16.0. The van der Waals surface area contributed by atoms with Crippen molar-refractivity contribution in [2.24, 2.45) is 11.8 Å². The topological polar surface area (TPSA) is 35.5 Å². The van der Waals surface area contributed by atoms with Crippen LogP contribution in [0.4, 0.5) is 0 Å². The van der Waals surface area contributed by atoms with Crippen LogP contribution in [0.1, 0.15) is 52.5 Å². The van der Waals surface area contributed by atoms with Crippen molar-refractivity contribution in [2.45, 2.75) is 58.5 Å². The van der Waals surface area contributed by atoms with E-state index in [2.05, 4.69) is 45.0 Å². The van der Waals surface area contributed by atoms with Crippen molar-refractivity contribution in [3.05, 3.63) is 48.0 Å². The first-order valence-electron chi connectivity index (χ1n) is 9.39. The molecule has 138 valence electrons. The molecule has 1 fully saturated rings. The molecule has 0 unspecified atom stereocenters. The van der Waals surface area contributed by atoms with Gasteiger partial charge in [0.25, 0.3) is 0 Å². The maximum Gasteiger partial charge on any atom is 0.332 e. The van der Waals surface area contributed by atoms with E-state index in [1.807, 2.05) is 25.1 Å². The number of hydrogen-bond acceptors (Lipinski definition) is 3. The fourth-order valence-electron chi connectivity index (χ4n) is 3.88. The Morgan fingerprint density at radius 2 is 1.96 bits per heavy atom. The summed E-state index contributed by atoms with van der Waals surface area (Å²) in [5.41, 5.74) is 1.28. The first kappa shape index (κ1) is 19.7. The number of ether oxygens (including phenoxy) is 2. The Hall–Kier alpha value is -1.61. The maximum atomic E-state index is 12.2. The number of carbonyl (C=O) groups excluding carboxylic acids is 1. The third kappa shape index (κ3) is 5.43. The van der Waals surface area contributed by atoms with Gasteiger partial charge in [0.2, 0.25) is 0 Å². The summed E-state index contributed by atoms with van der Waals surface area (Å²) >= 11 is 0. The number of esters is 1. The first-order chi connectivity index (χ1) is 11.9. The van der Waals surface area contributed by atoms with Gasteiger partial charge in [-0.2, -0.15) is 0 Å². The highest BCUT2D eigenvalue weighted by Gasteiger charge is 2.41. The fraction of sp³-hybridized carbons (Fsp3) is 0.591. The molecule has 1 saturated carbocycles. The molecule has 1 aromatic rings. The molecule has 25 heavy (non-hydrogen) atoms. The van der Waals surface area contributed by atoms with E-state index in [4.69, 9.17) is 9.47 Å². The molecule has 0 spiro atoms. The van der Waals surface area contributed by atoms with Crippen LogP contribution in [0.5, 0.6) is 0 Å². The number of allylic oxidation sites excluding steroid dienone is 1. The summed E-state index contributed by atoms with van der Waals surface area (Å²) in [7, 11) is 0. The van der Waals surface area contributed by atoms with E-state index in [0.717, 1.165) is 12.8 Å². The van der Waals surface area contributed by atoms with Gasteiger partial charge in [-0.3, -0.25) is 0 Å². The third-order valence-corrected chi connectivity index (χ3v) is 5.45. The molecule has 2 rings (SSSR count). The van der Waals surface area contributed by atoms with Gasteiger partial charge in [-0.1, -0.05) is 69.7 Å². The smallest absolute Gasteiger partial charge is 0.332 e. The molecular weight excluding hydrogens is 312 g/mol. The van der Waals surface area contributed by atoms with E-state index in [9.17, 15) is 4.79 Å². The molecule has 1 aromatic carbocycles. The highest BCUT2D eigenvalue weighted by molar-refractivity contribution is 5.71. The van der Waals surface area contributed by atoms with Crippen LogP contribution < -0.4 is 0 Å². The molecule has 0 bridgehead atoms. The Balaban J connectivity index is 2.06. The molecule has 0 amide bonds. The molecule has 3 heteroatoms. The molecule has 0 heterocycles. The number of carbonyl (C=O) groups is 1. The quantitative estimate of drug-likeness (QED) is 0.401. The first-order valence-corrected chi connectivity index (χ1v) is 9.39. The average molecular weight is 344 g/mol. The van der Waals surface area contributed by atoms with Gasteiger partial charge in [0.1, 0.15) is 12.7 Å². The van der Waals surface area contributed by atoms with Crippen molar-refractivity contribution in [1.29, 1.82) is 0 Å². The molecule has 3 atom stereocenters. The predicted octanol–water partition coefficient (Wildman–Crippen LogP) is 4.90. The standard InChI is InChI=1S/C22H32O3/c1-5-6-14-24-16-21(23)25-20-15-17(2)12-13-19(20)22(3,4)18-10-8-7-9-11-18/h5-11,17,19-20H,12-16H2,1-4H3/b6-5+/t17-,19-,20-/m1/s1. The second-order valence-electron chi connectivity index (χ2n) is 7.72. The Labute approximate surface area is 152 Å². The maximum absolute atomic E-state index is 12.2. The van der Waals surface area contributed by atoms with Crippen molar-refractivity contribution in [1.82, 2.24) is 0 Å². The van der Waals surface area contributed by atoms with E-state index < -0.39 is 0 Å². The van der Waals surface area contributed by atoms with Gasteiger partial charge in [0.15, 0.2) is 0 Å². The molecule has 0 N–H and O–H groups in total. The largest absolute Gasteiger partial charge is 0.460 e. The molecule has 0 saturated heterocycles. The van der Waals surface area contributed by atoms with Crippen LogP contribution >= 0.6 is 0 Å². The summed E-state index contributed by atoms with van der Waals surface area (Å²) in [6.45, 7) is 9.19. The van der Waals surface area contributed by atoms with Crippen molar-refractivity contribution in [2.75, 3.05) is 13.2 Å². The van der Waals surface area contributed by atoms with Gasteiger partial charge in [0, 0.05) is 5.92 Å². The average Bonchev–Trinajstić information content (AvgIpc) is 2.59. The van der Waals surface area contributed by atoms with Crippen LogP contribution in [0.25, 0.3) is 0 Å². The summed E-state index contributed by atoms with van der Waals surface area (Å²) in [4.78, 5) is 12.2. The van der Waals surface area contributed by atoms with Crippen LogP contribution in [-0.2, 0) is 19.7 Å². The lowest BCUT2D eigenvalue weighted by Gasteiger charge is -2.44. The van der Waals surface area contributed by atoms with Gasteiger partial charge in [-0.15, -0.1) is 0 Å². The number of benzene rings is 1. The Morgan fingerprint density at radius 3 is 2.64 bits per heavy atom. The Morgan fingerprint density at radius 1 is 1.24 bits per heavy atom. The molecule has 3 nitrogen and oxygen atoms in total. The van der Waals surface area contributed by atoms with E-state index >= 15 is 0 Å². The van der Waals surface area contributed by atoms with Gasteiger partial charge < -0.3 is 9.47 Å². The molecule has 0 radical (unpaired) electrons. The van der Waals surface area contributed by atoms with Crippen molar-refractivity contribution in [3.63, 3.8) is 0 Å². The van der Waals surface area contributed by atoms with Crippen molar-refractivity contribution in [3.8, 4) is 0 Å². The SMILES string of the molecule is C/C=C/COCC(=O)O[C@@H]1C[C@H](C)CC[C@H]1C(C)(C)c1ccccc1. The van der Waals surface area contributed by atoms with E-state index in [1.54, 1.807) is 0 Å². The zero-order valence-corrected chi connectivity index (χ0v) is 16.0. The minimum atomic E-state index is -0.252. The summed E-state index contributed by atoms with van der Waals surface area (Å²) in [5, 5.41) is 0. The molecule has 0 aromatic heterocycles. The lowest BCUT2D eigenvalue weighted by molar-refractivity contribution is -0.161. The van der Waals surface area contributed by atoms with Crippen LogP contribution in [-0.4, -0.2) is 25.3 Å². The Bertz CT molecular complexity index is 562. The second kappa shape index (κ2) is 9.19. The van der Waals surface area contributed by atoms with Gasteiger partial charge >= 0.3 is 5.97 Å². The van der Waals surface area contributed by atoms with Gasteiger partial charge in [-0.25, -0.2) is 4.79 Å². The van der Waals surface area contributed by atoms with Crippen LogP contribution in [0, 0.1) is 11.8 Å². The fourth-order valence-corrected chi connectivity index (χ4v) is 3.88. The highest BCUT2D eigenvalue weighted by Crippen LogP contribution is 2.43. The van der Waals surface area contributed by atoms with Crippen LogP contribution in [0.3, 0.4) is 0 Å². The summed E-state index contributed by atoms with van der Waals surface area (Å²) in [6, 6.07) is 10.6. The van der Waals surface area contributed by atoms with E-state index in [1.165, 1.54) is 12.0 Å². The molecule has 0 aliphatic heterocycles. The number of rotatable bonds is 7. The van der Waals surface area contributed by atoms with Gasteiger partial charge in [0.05, 0.1) is 6.61 Å². The predicted molar refractivity (Wildman–Crippen MR) is 101 cm³/mol. The minimum Gasteiger partial charge on any atom is -0.460 e. The van der Waals surface area contributed by atoms with Gasteiger partial charge in [-0.05, 0) is 36.7 Å². The van der Waals surface area contributed by atoms with Crippen LogP contribution in [0.2, 0.25) is 0 Å². The van der Waals surface area contributed by atoms with Crippen LogP contribution in [0.15, 0.2) is 42.5 Å². The molecule has 1 aliphatic carbocycles. The van der Waals surface area contributed by atoms with E-state index in [0.29, 0.717) is 18.4 Å². The third-order valence-electron chi connectivity index (χ3n) is 5.45. The summed E-state index contributed by atoms with van der Waals surface area (Å²) < 4.78 is 11.2. The Kier molecular flexibility index (Phi) is 7.24. The highest BCUT2D eigenvalue weighted by atomic mass is 16.6. The van der Waals surface area contributed by atoms with Crippen molar-refractivity contribution < 1.29 is 14.3 Å². The molecular formula is C22H32O3. The normalized spacial score (nSPS) is 24.4. The van der Waals surface area contributed by atoms with Crippen molar-refractivity contribution >= 4 is 5.97 Å².